The summed E-state index contributed by atoms with van der Waals surface area (Å²) in [6.45, 7) is 3.29. The number of nitrogens with zero attached hydrogens (tertiary/aromatic N) is 1. The summed E-state index contributed by atoms with van der Waals surface area (Å²) in [5.41, 5.74) is 1.72. The normalized spacial score (nSPS) is 15.9. The van der Waals surface area contributed by atoms with Crippen molar-refractivity contribution in [3.05, 3.63) is 35.4 Å². The summed E-state index contributed by atoms with van der Waals surface area (Å²) in [4.78, 5) is 17.1. The van der Waals surface area contributed by atoms with Gasteiger partial charge in [0.25, 0.3) is 5.91 Å². The highest BCUT2D eigenvalue weighted by Crippen LogP contribution is 2.14. The van der Waals surface area contributed by atoms with Gasteiger partial charge in [0, 0.05) is 5.56 Å². The minimum Gasteiger partial charge on any atom is -0.271 e. The fourth-order valence-electron chi connectivity index (χ4n) is 1.55. The van der Waals surface area contributed by atoms with Gasteiger partial charge in [0.1, 0.15) is 0 Å². The maximum absolute atomic E-state index is 11.9. The van der Waals surface area contributed by atoms with Crippen LogP contribution in [0.3, 0.4) is 0 Å². The molecular weight excluding hydrogens is 178 g/mol. The Balaban J connectivity index is 2.22. The van der Waals surface area contributed by atoms with Crippen LogP contribution < -0.4 is 0 Å². The molecule has 0 unspecified atom stereocenters. The number of carbonyl (C=O) groups is 1. The lowest BCUT2D eigenvalue weighted by molar-refractivity contribution is -0.0768. The first-order chi connectivity index (χ1) is 6.79. The predicted molar refractivity (Wildman–Crippen MR) is 52.8 cm³/mol. The molecule has 1 heterocycles. The summed E-state index contributed by atoms with van der Waals surface area (Å²) in [5, 5.41) is 1.45. The van der Waals surface area contributed by atoms with E-state index in [1.165, 1.54) is 5.06 Å². The van der Waals surface area contributed by atoms with Crippen molar-refractivity contribution in [1.82, 2.24) is 5.06 Å². The van der Waals surface area contributed by atoms with Gasteiger partial charge in [-0.3, -0.25) is 9.63 Å². The Labute approximate surface area is 83.2 Å². The third-order valence-corrected chi connectivity index (χ3v) is 2.35. The number of rotatable bonds is 1. The van der Waals surface area contributed by atoms with Gasteiger partial charge in [0.05, 0.1) is 13.2 Å². The van der Waals surface area contributed by atoms with Crippen molar-refractivity contribution < 1.29 is 9.63 Å². The highest BCUT2D eigenvalue weighted by molar-refractivity contribution is 5.95. The van der Waals surface area contributed by atoms with Gasteiger partial charge in [-0.25, -0.2) is 5.06 Å². The van der Waals surface area contributed by atoms with Gasteiger partial charge in [-0.05, 0) is 25.0 Å². The molecule has 0 spiro atoms. The molecule has 1 aliphatic rings. The van der Waals surface area contributed by atoms with E-state index >= 15 is 0 Å². The molecule has 0 aromatic heterocycles. The van der Waals surface area contributed by atoms with Gasteiger partial charge in [0.15, 0.2) is 0 Å². The monoisotopic (exact) mass is 191 g/mol. The molecule has 1 saturated heterocycles. The molecule has 0 bridgehead atoms. The van der Waals surface area contributed by atoms with Crippen LogP contribution in [0.2, 0.25) is 0 Å². The van der Waals surface area contributed by atoms with Crippen LogP contribution >= 0.6 is 0 Å². The molecule has 1 fully saturated rings. The average Bonchev–Trinajstić information content (AvgIpc) is 2.70. The van der Waals surface area contributed by atoms with E-state index in [1.807, 2.05) is 31.2 Å². The summed E-state index contributed by atoms with van der Waals surface area (Å²) in [6.07, 6.45) is 0.928. The van der Waals surface area contributed by atoms with Crippen LogP contribution in [0.15, 0.2) is 24.3 Å². The van der Waals surface area contributed by atoms with E-state index in [9.17, 15) is 4.79 Å². The number of amides is 1. The Morgan fingerprint density at radius 1 is 1.43 bits per heavy atom. The molecule has 1 amide bonds. The van der Waals surface area contributed by atoms with E-state index in [0.29, 0.717) is 13.2 Å². The third kappa shape index (κ3) is 1.63. The third-order valence-electron chi connectivity index (χ3n) is 2.35. The molecule has 1 aromatic rings. The van der Waals surface area contributed by atoms with Crippen LogP contribution in [-0.2, 0) is 4.84 Å². The van der Waals surface area contributed by atoms with Gasteiger partial charge in [0.2, 0.25) is 0 Å². The minimum atomic E-state index is -0.0272. The highest BCUT2D eigenvalue weighted by atomic mass is 16.7. The second kappa shape index (κ2) is 3.80. The van der Waals surface area contributed by atoms with Crippen molar-refractivity contribution in [2.24, 2.45) is 0 Å². The zero-order chi connectivity index (χ0) is 9.97. The van der Waals surface area contributed by atoms with Crippen molar-refractivity contribution in [3.63, 3.8) is 0 Å². The molecule has 3 heteroatoms. The van der Waals surface area contributed by atoms with E-state index < -0.39 is 0 Å². The quantitative estimate of drug-likeness (QED) is 0.677. The molecule has 1 aromatic carbocycles. The van der Waals surface area contributed by atoms with Crippen molar-refractivity contribution in [2.75, 3.05) is 13.2 Å². The SMILES string of the molecule is Cc1ccccc1C(=O)N1CCCO1. The molecule has 1 aliphatic heterocycles. The zero-order valence-electron chi connectivity index (χ0n) is 8.19. The van der Waals surface area contributed by atoms with Gasteiger partial charge in [-0.1, -0.05) is 18.2 Å². The van der Waals surface area contributed by atoms with Crippen LogP contribution in [0.4, 0.5) is 0 Å². The molecule has 0 aliphatic carbocycles. The molecule has 0 atom stereocenters. The van der Waals surface area contributed by atoms with Crippen LogP contribution in [0.1, 0.15) is 22.3 Å². The second-order valence-electron chi connectivity index (χ2n) is 3.41. The van der Waals surface area contributed by atoms with Crippen LogP contribution in [0, 0.1) is 6.92 Å². The average molecular weight is 191 g/mol. The number of carbonyl (C=O) groups excluding carboxylic acids is 1. The van der Waals surface area contributed by atoms with Gasteiger partial charge < -0.3 is 0 Å². The van der Waals surface area contributed by atoms with Crippen molar-refractivity contribution >= 4 is 5.91 Å². The topological polar surface area (TPSA) is 29.5 Å². The summed E-state index contributed by atoms with van der Waals surface area (Å²) in [7, 11) is 0. The largest absolute Gasteiger partial charge is 0.277 e. The first-order valence-electron chi connectivity index (χ1n) is 4.79. The first kappa shape index (κ1) is 9.21. The lowest BCUT2D eigenvalue weighted by Crippen LogP contribution is -2.27. The van der Waals surface area contributed by atoms with Crippen LogP contribution in [0.25, 0.3) is 0 Å². The number of hydrogen-bond donors (Lipinski definition) is 0. The second-order valence-corrected chi connectivity index (χ2v) is 3.41. The molecule has 3 nitrogen and oxygen atoms in total. The fourth-order valence-corrected chi connectivity index (χ4v) is 1.55. The number of hydrogen-bond acceptors (Lipinski definition) is 2. The standard InChI is InChI=1S/C11H13NO2/c1-9-5-2-3-6-10(9)11(13)12-7-4-8-14-12/h2-3,5-6H,4,7-8H2,1H3. The molecule has 14 heavy (non-hydrogen) atoms. The Kier molecular flexibility index (Phi) is 2.50. The van der Waals surface area contributed by atoms with Gasteiger partial charge >= 0.3 is 0 Å². The Morgan fingerprint density at radius 3 is 2.86 bits per heavy atom. The van der Waals surface area contributed by atoms with Crippen molar-refractivity contribution in [2.45, 2.75) is 13.3 Å². The van der Waals surface area contributed by atoms with Gasteiger partial charge in [-0.15, -0.1) is 0 Å². The number of aryl methyl sites for hydroxylation is 1. The molecule has 2 rings (SSSR count). The minimum absolute atomic E-state index is 0.0272. The fraction of sp³-hybridized carbons (Fsp3) is 0.364. The highest BCUT2D eigenvalue weighted by Gasteiger charge is 2.21. The first-order valence-corrected chi connectivity index (χ1v) is 4.79. The summed E-state index contributed by atoms with van der Waals surface area (Å²) in [6, 6.07) is 7.57. The molecular formula is C11H13NO2. The Hall–Kier alpha value is -1.35. The van der Waals surface area contributed by atoms with Crippen molar-refractivity contribution in [3.8, 4) is 0 Å². The maximum Gasteiger partial charge on any atom is 0.277 e. The predicted octanol–water partition coefficient (Wildman–Crippen LogP) is 1.77. The Morgan fingerprint density at radius 2 is 2.21 bits per heavy atom. The van der Waals surface area contributed by atoms with E-state index in [-0.39, 0.29) is 5.91 Å². The van der Waals surface area contributed by atoms with E-state index in [4.69, 9.17) is 4.84 Å². The zero-order valence-corrected chi connectivity index (χ0v) is 8.19. The van der Waals surface area contributed by atoms with E-state index in [0.717, 1.165) is 17.5 Å². The van der Waals surface area contributed by atoms with Crippen molar-refractivity contribution in [1.29, 1.82) is 0 Å². The number of hydroxylamine groups is 2. The smallest absolute Gasteiger partial charge is 0.271 e. The summed E-state index contributed by atoms with van der Waals surface area (Å²) >= 11 is 0. The summed E-state index contributed by atoms with van der Waals surface area (Å²) in [5.74, 6) is -0.0272. The Bertz CT molecular complexity index is 343. The molecule has 0 saturated carbocycles. The number of benzene rings is 1. The lowest BCUT2D eigenvalue weighted by atomic mass is 10.1. The maximum atomic E-state index is 11.9. The van der Waals surface area contributed by atoms with E-state index in [2.05, 4.69) is 0 Å². The van der Waals surface area contributed by atoms with Crippen LogP contribution in [-0.4, -0.2) is 24.1 Å². The van der Waals surface area contributed by atoms with Crippen LogP contribution in [0.5, 0.6) is 0 Å². The van der Waals surface area contributed by atoms with E-state index in [1.54, 1.807) is 0 Å². The summed E-state index contributed by atoms with van der Waals surface area (Å²) < 4.78 is 0. The molecule has 74 valence electrons. The molecule has 0 radical (unpaired) electrons. The van der Waals surface area contributed by atoms with Gasteiger partial charge in [-0.2, -0.15) is 0 Å². The lowest BCUT2D eigenvalue weighted by Gasteiger charge is -2.14. The molecule has 0 N–H and O–H groups in total.